The number of aromatic nitrogens is 1. The molecule has 1 aliphatic carbocycles. The van der Waals surface area contributed by atoms with Gasteiger partial charge in [0.25, 0.3) is 10.0 Å². The molecule has 0 radical (unpaired) electrons. The molecule has 2 rings (SSSR count). The lowest BCUT2D eigenvalue weighted by molar-refractivity contribution is 0.572. The average molecular weight is 269 g/mol. The van der Waals surface area contributed by atoms with Gasteiger partial charge in [0.15, 0.2) is 5.03 Å². The third-order valence-electron chi connectivity index (χ3n) is 2.93. The Bertz CT molecular complexity index is 498. The van der Waals surface area contributed by atoms with Gasteiger partial charge in [-0.1, -0.05) is 12.8 Å². The smallest absolute Gasteiger partial charge is 0.260 e. The Balaban J connectivity index is 2.06. The van der Waals surface area contributed by atoms with Gasteiger partial charge in [0, 0.05) is 19.3 Å². The van der Waals surface area contributed by atoms with Gasteiger partial charge in [-0.25, -0.2) is 18.1 Å². The third-order valence-corrected chi connectivity index (χ3v) is 4.35. The van der Waals surface area contributed by atoms with Crippen LogP contribution >= 0.6 is 0 Å². The lowest BCUT2D eigenvalue weighted by Crippen LogP contribution is -2.26. The van der Waals surface area contributed by atoms with Crippen molar-refractivity contribution in [3.63, 3.8) is 0 Å². The lowest BCUT2D eigenvalue weighted by Gasteiger charge is -2.10. The van der Waals surface area contributed by atoms with Crippen molar-refractivity contribution in [1.82, 2.24) is 9.71 Å². The fourth-order valence-electron chi connectivity index (χ4n) is 1.80. The summed E-state index contributed by atoms with van der Waals surface area (Å²) in [6.45, 7) is 3.08. The molecule has 0 aliphatic heterocycles. The number of anilines is 1. The number of nitrogens with zero attached hydrogens (tertiary/aromatic N) is 1. The first-order chi connectivity index (χ1) is 8.63. The van der Waals surface area contributed by atoms with Crippen molar-refractivity contribution in [3.05, 3.63) is 18.3 Å². The Morgan fingerprint density at radius 1 is 1.44 bits per heavy atom. The first-order valence-electron chi connectivity index (χ1n) is 6.32. The van der Waals surface area contributed by atoms with E-state index >= 15 is 0 Å². The molecule has 0 bridgehead atoms. The van der Waals surface area contributed by atoms with Crippen molar-refractivity contribution in [2.24, 2.45) is 5.92 Å². The van der Waals surface area contributed by atoms with Crippen LogP contribution in [-0.4, -0.2) is 26.5 Å². The summed E-state index contributed by atoms with van der Waals surface area (Å²) in [5, 5.41) is 3.10. The Kier molecular flexibility index (Phi) is 4.19. The fraction of sp³-hybridized carbons (Fsp3) is 0.583. The minimum Gasteiger partial charge on any atom is -0.383 e. The molecule has 2 N–H and O–H groups in total. The molecule has 1 aromatic rings. The normalized spacial score (nSPS) is 15.6. The lowest BCUT2D eigenvalue weighted by atomic mass is 10.3. The summed E-state index contributed by atoms with van der Waals surface area (Å²) in [5.74, 6) is 0.713. The van der Waals surface area contributed by atoms with Crippen LogP contribution in [0.4, 0.5) is 5.69 Å². The molecular formula is C12H19N3O2S. The molecule has 0 unspecified atom stereocenters. The third kappa shape index (κ3) is 3.43. The molecule has 0 spiro atoms. The molecule has 1 aliphatic rings. The van der Waals surface area contributed by atoms with Crippen LogP contribution in [0.1, 0.15) is 26.2 Å². The Morgan fingerprint density at radius 3 is 2.89 bits per heavy atom. The van der Waals surface area contributed by atoms with Crippen molar-refractivity contribution < 1.29 is 8.42 Å². The highest BCUT2D eigenvalue weighted by molar-refractivity contribution is 7.89. The highest BCUT2D eigenvalue weighted by Crippen LogP contribution is 2.31. The molecule has 0 aromatic carbocycles. The maximum atomic E-state index is 12.1. The summed E-state index contributed by atoms with van der Waals surface area (Å²) in [7, 11) is -3.50. The summed E-state index contributed by atoms with van der Waals surface area (Å²) >= 11 is 0. The molecule has 6 heteroatoms. The molecule has 0 saturated heterocycles. The fourth-order valence-corrected chi connectivity index (χ4v) is 2.95. The first kappa shape index (κ1) is 13.3. The molecule has 1 aromatic heterocycles. The molecule has 5 nitrogen and oxygen atoms in total. The van der Waals surface area contributed by atoms with Gasteiger partial charge < -0.3 is 5.32 Å². The monoisotopic (exact) mass is 269 g/mol. The van der Waals surface area contributed by atoms with E-state index < -0.39 is 10.0 Å². The molecule has 1 heterocycles. The van der Waals surface area contributed by atoms with E-state index in [-0.39, 0.29) is 5.03 Å². The molecule has 100 valence electrons. The Hall–Kier alpha value is -1.14. The zero-order valence-electron chi connectivity index (χ0n) is 10.5. The van der Waals surface area contributed by atoms with Crippen LogP contribution in [0.25, 0.3) is 0 Å². The predicted octanol–water partition coefficient (Wildman–Crippen LogP) is 1.59. The largest absolute Gasteiger partial charge is 0.383 e. The van der Waals surface area contributed by atoms with Crippen LogP contribution in [0.2, 0.25) is 0 Å². The highest BCUT2D eigenvalue weighted by atomic mass is 32.2. The number of sulfonamides is 1. The van der Waals surface area contributed by atoms with Gasteiger partial charge in [0.2, 0.25) is 0 Å². The second-order valence-electron chi connectivity index (χ2n) is 4.52. The Labute approximate surface area is 108 Å². The number of pyridine rings is 1. The molecule has 1 saturated carbocycles. The maximum absolute atomic E-state index is 12.1. The topological polar surface area (TPSA) is 71.1 Å². The summed E-state index contributed by atoms with van der Waals surface area (Å²) < 4.78 is 26.8. The zero-order valence-corrected chi connectivity index (χ0v) is 11.3. The van der Waals surface area contributed by atoms with Crippen molar-refractivity contribution in [1.29, 1.82) is 0 Å². The van der Waals surface area contributed by atoms with E-state index in [9.17, 15) is 8.42 Å². The van der Waals surface area contributed by atoms with Crippen molar-refractivity contribution in [2.45, 2.75) is 31.2 Å². The van der Waals surface area contributed by atoms with E-state index in [1.165, 1.54) is 19.0 Å². The quantitative estimate of drug-likeness (QED) is 0.788. The van der Waals surface area contributed by atoms with E-state index in [1.807, 2.05) is 6.92 Å². The first-order valence-corrected chi connectivity index (χ1v) is 7.80. The standard InChI is InChI=1S/C12H19N3O2S/c1-2-13-11-4-3-8-14-12(11)18(16,17)15-9-7-10-5-6-10/h3-4,8,10,13,15H,2,5-7,9H2,1H3. The maximum Gasteiger partial charge on any atom is 0.260 e. The SMILES string of the molecule is CCNc1cccnc1S(=O)(=O)NCCC1CC1. The molecule has 0 atom stereocenters. The van der Waals surface area contributed by atoms with Crippen molar-refractivity contribution in [3.8, 4) is 0 Å². The Morgan fingerprint density at radius 2 is 2.22 bits per heavy atom. The average Bonchev–Trinajstić information content (AvgIpc) is 3.14. The van der Waals surface area contributed by atoms with Crippen LogP contribution in [0.3, 0.4) is 0 Å². The minimum absolute atomic E-state index is 0.0858. The van der Waals surface area contributed by atoms with Crippen molar-refractivity contribution >= 4 is 15.7 Å². The number of nitrogens with one attached hydrogen (secondary N) is 2. The summed E-state index contributed by atoms with van der Waals surface area (Å²) in [5.41, 5.74) is 0.555. The highest BCUT2D eigenvalue weighted by Gasteiger charge is 2.23. The second-order valence-corrected chi connectivity index (χ2v) is 6.20. The molecular weight excluding hydrogens is 250 g/mol. The van der Waals surface area contributed by atoms with Gasteiger partial charge in [0.1, 0.15) is 0 Å². The summed E-state index contributed by atoms with van der Waals surface area (Å²) in [6.07, 6.45) is 4.88. The van der Waals surface area contributed by atoms with E-state index in [0.717, 1.165) is 6.42 Å². The summed E-state index contributed by atoms with van der Waals surface area (Å²) in [4.78, 5) is 3.97. The van der Waals surface area contributed by atoms with Gasteiger partial charge in [-0.05, 0) is 31.4 Å². The van der Waals surface area contributed by atoms with Crippen molar-refractivity contribution in [2.75, 3.05) is 18.4 Å². The summed E-state index contributed by atoms with van der Waals surface area (Å²) in [6, 6.07) is 3.45. The van der Waals surface area contributed by atoms with Gasteiger partial charge in [0.05, 0.1) is 5.69 Å². The van der Waals surface area contributed by atoms with E-state index in [0.29, 0.717) is 24.7 Å². The molecule has 1 fully saturated rings. The van der Waals surface area contributed by atoms with Crippen LogP contribution in [0.5, 0.6) is 0 Å². The van der Waals surface area contributed by atoms with Crippen LogP contribution in [0.15, 0.2) is 23.4 Å². The number of rotatable bonds is 7. The van der Waals surface area contributed by atoms with Gasteiger partial charge in [-0.3, -0.25) is 0 Å². The van der Waals surface area contributed by atoms with Gasteiger partial charge >= 0.3 is 0 Å². The predicted molar refractivity (Wildman–Crippen MR) is 70.9 cm³/mol. The number of hydrogen-bond acceptors (Lipinski definition) is 4. The van der Waals surface area contributed by atoms with E-state index in [4.69, 9.17) is 0 Å². The van der Waals surface area contributed by atoms with Crippen LogP contribution in [-0.2, 0) is 10.0 Å². The molecule has 18 heavy (non-hydrogen) atoms. The van der Waals surface area contributed by atoms with Crippen LogP contribution in [0, 0.1) is 5.92 Å². The minimum atomic E-state index is -3.50. The number of hydrogen-bond donors (Lipinski definition) is 2. The van der Waals surface area contributed by atoms with E-state index in [2.05, 4.69) is 15.0 Å². The van der Waals surface area contributed by atoms with Gasteiger partial charge in [-0.2, -0.15) is 0 Å². The zero-order chi connectivity index (χ0) is 13.0. The van der Waals surface area contributed by atoms with Gasteiger partial charge in [-0.15, -0.1) is 0 Å². The second kappa shape index (κ2) is 5.67. The van der Waals surface area contributed by atoms with Crippen LogP contribution < -0.4 is 10.0 Å². The van der Waals surface area contributed by atoms with E-state index in [1.54, 1.807) is 12.1 Å². The molecule has 0 amide bonds.